The molecule has 1 aromatic heterocycles. The molecule has 2 aromatic rings. The highest BCUT2D eigenvalue weighted by Crippen LogP contribution is 2.28. The molecule has 24 heavy (non-hydrogen) atoms. The molecule has 3 rings (SSSR count). The van der Waals surface area contributed by atoms with E-state index in [0.29, 0.717) is 24.3 Å². The van der Waals surface area contributed by atoms with Gasteiger partial charge in [0.1, 0.15) is 17.0 Å². The number of ether oxygens (including phenoxy) is 1. The Bertz CT molecular complexity index is 745. The number of hydrogen-bond donors (Lipinski definition) is 2. The third-order valence-electron chi connectivity index (χ3n) is 4.24. The average molecular weight is 330 g/mol. The first-order chi connectivity index (χ1) is 11.6. The molecule has 1 aliphatic carbocycles. The van der Waals surface area contributed by atoms with Gasteiger partial charge < -0.3 is 15.2 Å². The number of nitrogens with one attached hydrogen (secondary N) is 1. The van der Waals surface area contributed by atoms with Gasteiger partial charge in [-0.3, -0.25) is 9.59 Å². The predicted molar refractivity (Wildman–Crippen MR) is 84.1 cm³/mol. The molecule has 8 nitrogen and oxygen atoms in total. The molecule has 126 valence electrons. The van der Waals surface area contributed by atoms with E-state index in [-0.39, 0.29) is 5.56 Å². The SMILES string of the molecule is COc1cccc(-n2nccn2)c1C(=O)N[C@H]1CCC[C@@H]1C(=O)O. The minimum Gasteiger partial charge on any atom is -0.496 e. The maximum absolute atomic E-state index is 12.8. The van der Waals surface area contributed by atoms with Crippen molar-refractivity contribution in [2.45, 2.75) is 25.3 Å². The molecule has 1 fully saturated rings. The van der Waals surface area contributed by atoms with Crippen LogP contribution in [0.1, 0.15) is 29.6 Å². The molecule has 1 amide bonds. The fourth-order valence-corrected chi connectivity index (χ4v) is 3.09. The Hall–Kier alpha value is -2.90. The zero-order valence-corrected chi connectivity index (χ0v) is 13.2. The van der Waals surface area contributed by atoms with Crippen molar-refractivity contribution in [3.05, 3.63) is 36.2 Å². The number of carbonyl (C=O) groups excluding carboxylic acids is 1. The highest BCUT2D eigenvalue weighted by Gasteiger charge is 2.35. The predicted octanol–water partition coefficient (Wildman–Crippen LogP) is 1.26. The van der Waals surface area contributed by atoms with Gasteiger partial charge in [0.25, 0.3) is 5.91 Å². The Kier molecular flexibility index (Phi) is 4.45. The van der Waals surface area contributed by atoms with Gasteiger partial charge >= 0.3 is 5.97 Å². The lowest BCUT2D eigenvalue weighted by Gasteiger charge is -2.19. The van der Waals surface area contributed by atoms with E-state index in [2.05, 4.69) is 15.5 Å². The summed E-state index contributed by atoms with van der Waals surface area (Å²) in [6.45, 7) is 0. The summed E-state index contributed by atoms with van der Waals surface area (Å²) in [5.41, 5.74) is 0.758. The van der Waals surface area contributed by atoms with Crippen molar-refractivity contribution in [1.29, 1.82) is 0 Å². The Balaban J connectivity index is 1.93. The number of aliphatic carboxylic acids is 1. The van der Waals surface area contributed by atoms with E-state index in [1.807, 2.05) is 0 Å². The molecule has 8 heteroatoms. The van der Waals surface area contributed by atoms with Crippen LogP contribution in [0.25, 0.3) is 5.69 Å². The molecule has 1 aliphatic rings. The summed E-state index contributed by atoms with van der Waals surface area (Å²) in [5, 5.41) is 20.2. The molecule has 2 atom stereocenters. The summed E-state index contributed by atoms with van der Waals surface area (Å²) in [6, 6.07) is 4.73. The molecule has 0 radical (unpaired) electrons. The molecule has 0 unspecified atom stereocenters. The third-order valence-corrected chi connectivity index (χ3v) is 4.24. The van der Waals surface area contributed by atoms with Crippen molar-refractivity contribution in [2.75, 3.05) is 7.11 Å². The second kappa shape index (κ2) is 6.69. The molecule has 1 heterocycles. The zero-order valence-electron chi connectivity index (χ0n) is 13.2. The summed E-state index contributed by atoms with van der Waals surface area (Å²) in [6.07, 6.45) is 5.02. The third kappa shape index (κ3) is 2.94. The van der Waals surface area contributed by atoms with E-state index < -0.39 is 23.8 Å². The van der Waals surface area contributed by atoms with Crippen LogP contribution >= 0.6 is 0 Å². The van der Waals surface area contributed by atoms with Crippen molar-refractivity contribution >= 4 is 11.9 Å². The van der Waals surface area contributed by atoms with Crippen LogP contribution in [-0.2, 0) is 4.79 Å². The van der Waals surface area contributed by atoms with Crippen molar-refractivity contribution in [3.8, 4) is 11.4 Å². The monoisotopic (exact) mass is 330 g/mol. The lowest BCUT2D eigenvalue weighted by molar-refractivity contribution is -0.142. The van der Waals surface area contributed by atoms with Crippen LogP contribution in [0.15, 0.2) is 30.6 Å². The Labute approximate surface area is 138 Å². The van der Waals surface area contributed by atoms with Gasteiger partial charge in [0.05, 0.1) is 25.4 Å². The van der Waals surface area contributed by atoms with E-state index in [1.54, 1.807) is 18.2 Å². The Morgan fingerprint density at radius 3 is 2.71 bits per heavy atom. The fourth-order valence-electron chi connectivity index (χ4n) is 3.09. The quantitative estimate of drug-likeness (QED) is 0.855. The summed E-state index contributed by atoms with van der Waals surface area (Å²) in [7, 11) is 1.47. The van der Waals surface area contributed by atoms with Crippen LogP contribution in [-0.4, -0.2) is 45.1 Å². The molecule has 0 spiro atoms. The van der Waals surface area contributed by atoms with Crippen LogP contribution in [0.3, 0.4) is 0 Å². The van der Waals surface area contributed by atoms with Crippen molar-refractivity contribution in [3.63, 3.8) is 0 Å². The van der Waals surface area contributed by atoms with Gasteiger partial charge in [-0.1, -0.05) is 12.5 Å². The summed E-state index contributed by atoms with van der Waals surface area (Å²) >= 11 is 0. The number of methoxy groups -OCH3 is 1. The van der Waals surface area contributed by atoms with Gasteiger partial charge in [0, 0.05) is 6.04 Å². The molecule has 1 saturated carbocycles. The zero-order chi connectivity index (χ0) is 17.1. The second-order valence-corrected chi connectivity index (χ2v) is 5.63. The highest BCUT2D eigenvalue weighted by atomic mass is 16.5. The van der Waals surface area contributed by atoms with Crippen LogP contribution in [0.5, 0.6) is 5.75 Å². The normalized spacial score (nSPS) is 19.9. The van der Waals surface area contributed by atoms with Gasteiger partial charge in [-0.25, -0.2) is 0 Å². The van der Waals surface area contributed by atoms with E-state index in [9.17, 15) is 14.7 Å². The number of carboxylic acid groups (broad SMARTS) is 1. The lowest BCUT2D eigenvalue weighted by atomic mass is 10.0. The number of rotatable bonds is 5. The first kappa shape index (κ1) is 16.0. The maximum atomic E-state index is 12.8. The van der Waals surface area contributed by atoms with Gasteiger partial charge in [-0.05, 0) is 25.0 Å². The first-order valence-electron chi connectivity index (χ1n) is 7.69. The average Bonchev–Trinajstić information content (AvgIpc) is 3.25. The van der Waals surface area contributed by atoms with Gasteiger partial charge in [-0.15, -0.1) is 0 Å². The smallest absolute Gasteiger partial charge is 0.308 e. The minimum absolute atomic E-state index is 0.284. The van der Waals surface area contributed by atoms with Gasteiger partial charge in [0.15, 0.2) is 0 Å². The molecule has 0 bridgehead atoms. The molecular formula is C16H18N4O4. The molecular weight excluding hydrogens is 312 g/mol. The van der Waals surface area contributed by atoms with E-state index in [1.165, 1.54) is 24.3 Å². The van der Waals surface area contributed by atoms with Crippen molar-refractivity contribution in [1.82, 2.24) is 20.3 Å². The lowest BCUT2D eigenvalue weighted by Crippen LogP contribution is -2.40. The number of amides is 1. The number of hydrogen-bond acceptors (Lipinski definition) is 5. The van der Waals surface area contributed by atoms with E-state index in [4.69, 9.17) is 4.74 Å². The summed E-state index contributed by atoms with van der Waals surface area (Å²) < 4.78 is 5.30. The van der Waals surface area contributed by atoms with E-state index >= 15 is 0 Å². The molecule has 2 N–H and O–H groups in total. The van der Waals surface area contributed by atoms with Crippen LogP contribution in [0.2, 0.25) is 0 Å². The maximum Gasteiger partial charge on any atom is 0.308 e. The number of benzene rings is 1. The first-order valence-corrected chi connectivity index (χ1v) is 7.69. The fraction of sp³-hybridized carbons (Fsp3) is 0.375. The second-order valence-electron chi connectivity index (χ2n) is 5.63. The van der Waals surface area contributed by atoms with Gasteiger partial charge in [0.2, 0.25) is 0 Å². The number of aromatic nitrogens is 3. The number of nitrogens with zero attached hydrogens (tertiary/aromatic N) is 3. The summed E-state index contributed by atoms with van der Waals surface area (Å²) in [5.74, 6) is -1.45. The van der Waals surface area contributed by atoms with Crippen LogP contribution < -0.4 is 10.1 Å². The molecule has 0 saturated heterocycles. The van der Waals surface area contributed by atoms with Crippen molar-refractivity contribution in [2.24, 2.45) is 5.92 Å². The number of carbonyl (C=O) groups is 2. The van der Waals surface area contributed by atoms with Gasteiger partial charge in [-0.2, -0.15) is 15.0 Å². The number of carboxylic acids is 1. The standard InChI is InChI=1S/C16H18N4O4/c1-24-13-7-3-6-12(20-17-8-9-18-20)14(13)15(21)19-11-5-2-4-10(11)16(22)23/h3,6-11H,2,4-5H2,1H3,(H,19,21)(H,22,23)/t10-,11-/m0/s1. The van der Waals surface area contributed by atoms with Crippen LogP contribution in [0, 0.1) is 5.92 Å². The Morgan fingerprint density at radius 2 is 2.04 bits per heavy atom. The Morgan fingerprint density at radius 1 is 1.29 bits per heavy atom. The van der Waals surface area contributed by atoms with Crippen molar-refractivity contribution < 1.29 is 19.4 Å². The summed E-state index contributed by atoms with van der Waals surface area (Å²) in [4.78, 5) is 25.5. The molecule has 0 aliphatic heterocycles. The van der Waals surface area contributed by atoms with E-state index in [0.717, 1.165) is 6.42 Å². The minimum atomic E-state index is -0.883. The topological polar surface area (TPSA) is 106 Å². The highest BCUT2D eigenvalue weighted by molar-refractivity contribution is 6.00. The largest absolute Gasteiger partial charge is 0.496 e. The van der Waals surface area contributed by atoms with Crippen LogP contribution in [0.4, 0.5) is 0 Å². The molecule has 1 aromatic carbocycles.